The van der Waals surface area contributed by atoms with Gasteiger partial charge in [0.25, 0.3) is 0 Å². The molecule has 5 nitrogen and oxygen atoms in total. The van der Waals surface area contributed by atoms with Gasteiger partial charge >= 0.3 is 6.09 Å². The molecule has 1 amide bonds. The van der Waals surface area contributed by atoms with Crippen molar-refractivity contribution >= 4 is 11.9 Å². The first kappa shape index (κ1) is 11.9. The normalized spacial score (nSPS) is 14.0. The fourth-order valence-corrected chi connectivity index (χ4v) is 1.36. The second-order valence-corrected chi connectivity index (χ2v) is 3.62. The van der Waals surface area contributed by atoms with Crippen LogP contribution in [0, 0.1) is 0 Å². The van der Waals surface area contributed by atoms with Crippen LogP contribution in [-0.4, -0.2) is 16.8 Å². The smallest absolute Gasteiger partial charge is 0.418 e. The minimum atomic E-state index is -0.476. The van der Waals surface area contributed by atoms with Crippen molar-refractivity contribution in [1.29, 1.82) is 0 Å². The van der Waals surface area contributed by atoms with Crippen LogP contribution < -0.4 is 5.73 Å². The Kier molecular flexibility index (Phi) is 3.76. The number of hydrogen-bond donors (Lipinski definition) is 1. The van der Waals surface area contributed by atoms with E-state index in [9.17, 15) is 4.79 Å². The predicted octanol–water partition coefficient (Wildman–Crippen LogP) is 1.98. The van der Waals surface area contributed by atoms with Crippen molar-refractivity contribution in [2.75, 3.05) is 0 Å². The molecule has 0 unspecified atom stereocenters. The highest BCUT2D eigenvalue weighted by Crippen LogP contribution is 2.05. The van der Waals surface area contributed by atoms with E-state index in [1.54, 1.807) is 0 Å². The van der Waals surface area contributed by atoms with E-state index in [0.29, 0.717) is 5.84 Å². The summed E-state index contributed by atoms with van der Waals surface area (Å²) in [5.74, 6) is 0.338. The number of carbonyl (C=O) groups excluding carboxylic acids is 1. The SMILES string of the molecule is NC1=NC=CN(C(=O)OCc2ccccc2)C=C1. The molecule has 1 aromatic carbocycles. The largest absolute Gasteiger partial charge is 0.444 e. The van der Waals surface area contributed by atoms with Crippen LogP contribution in [0.3, 0.4) is 0 Å². The molecule has 0 aliphatic carbocycles. The molecule has 0 atom stereocenters. The molecule has 5 heteroatoms. The Morgan fingerprint density at radius 3 is 2.83 bits per heavy atom. The average Bonchev–Trinajstić information content (AvgIpc) is 2.62. The molecule has 0 saturated carbocycles. The van der Waals surface area contributed by atoms with E-state index >= 15 is 0 Å². The molecule has 0 fully saturated rings. The van der Waals surface area contributed by atoms with E-state index in [-0.39, 0.29) is 6.61 Å². The number of aliphatic imine (C=N–C) groups is 1. The number of nitrogens with two attached hydrogens (primary N) is 1. The number of nitrogens with zero attached hydrogens (tertiary/aromatic N) is 2. The highest BCUT2D eigenvalue weighted by molar-refractivity contribution is 5.92. The topological polar surface area (TPSA) is 67.9 Å². The molecule has 2 N–H and O–H groups in total. The molecule has 92 valence electrons. The van der Waals surface area contributed by atoms with Crippen LogP contribution in [0.5, 0.6) is 0 Å². The van der Waals surface area contributed by atoms with Gasteiger partial charge < -0.3 is 10.5 Å². The van der Waals surface area contributed by atoms with Gasteiger partial charge in [-0.25, -0.2) is 9.79 Å². The zero-order valence-electron chi connectivity index (χ0n) is 9.69. The fourth-order valence-electron chi connectivity index (χ4n) is 1.36. The first-order valence-electron chi connectivity index (χ1n) is 5.43. The zero-order chi connectivity index (χ0) is 12.8. The molecule has 1 heterocycles. The molecule has 1 aromatic rings. The molecule has 18 heavy (non-hydrogen) atoms. The van der Waals surface area contributed by atoms with Crippen LogP contribution in [0.15, 0.2) is 60.0 Å². The highest BCUT2D eigenvalue weighted by atomic mass is 16.6. The summed E-state index contributed by atoms with van der Waals surface area (Å²) in [4.78, 5) is 16.9. The van der Waals surface area contributed by atoms with Crippen molar-refractivity contribution in [2.24, 2.45) is 10.7 Å². The Labute approximate surface area is 105 Å². The molecule has 1 aliphatic heterocycles. The minimum Gasteiger partial charge on any atom is -0.444 e. The number of rotatable bonds is 2. The number of carbonyl (C=O) groups is 1. The molecule has 1 aliphatic rings. The lowest BCUT2D eigenvalue weighted by atomic mass is 10.2. The Hall–Kier alpha value is -2.56. The predicted molar refractivity (Wildman–Crippen MR) is 68.4 cm³/mol. The maximum absolute atomic E-state index is 11.7. The summed E-state index contributed by atoms with van der Waals surface area (Å²) in [6.07, 6.45) is 5.50. The van der Waals surface area contributed by atoms with Gasteiger partial charge in [-0.05, 0) is 11.6 Å². The average molecular weight is 243 g/mol. The van der Waals surface area contributed by atoms with Crippen molar-refractivity contribution in [3.63, 3.8) is 0 Å². The molecule has 0 saturated heterocycles. The van der Waals surface area contributed by atoms with Gasteiger partial charge in [-0.15, -0.1) is 0 Å². The van der Waals surface area contributed by atoms with E-state index in [2.05, 4.69) is 4.99 Å². The quantitative estimate of drug-likeness (QED) is 0.863. The Morgan fingerprint density at radius 2 is 2.06 bits per heavy atom. The Bertz CT molecular complexity index is 506. The first-order valence-corrected chi connectivity index (χ1v) is 5.43. The van der Waals surface area contributed by atoms with Gasteiger partial charge in [0, 0.05) is 18.6 Å². The van der Waals surface area contributed by atoms with Crippen LogP contribution >= 0.6 is 0 Å². The minimum absolute atomic E-state index is 0.230. The maximum atomic E-state index is 11.7. The Balaban J connectivity index is 1.91. The number of amides is 1. The first-order chi connectivity index (χ1) is 8.75. The lowest BCUT2D eigenvalue weighted by molar-refractivity contribution is 0.121. The van der Waals surface area contributed by atoms with Gasteiger partial charge in [0.2, 0.25) is 0 Å². The lowest BCUT2D eigenvalue weighted by Crippen LogP contribution is -2.21. The number of hydrogen-bond acceptors (Lipinski definition) is 4. The molecule has 0 radical (unpaired) electrons. The van der Waals surface area contributed by atoms with E-state index < -0.39 is 6.09 Å². The molecular formula is C13H13N3O2. The molecule has 2 rings (SSSR count). The monoisotopic (exact) mass is 243 g/mol. The van der Waals surface area contributed by atoms with E-state index in [4.69, 9.17) is 10.5 Å². The third-order valence-corrected chi connectivity index (χ3v) is 2.27. The van der Waals surface area contributed by atoms with Gasteiger partial charge in [0.05, 0.1) is 0 Å². The number of benzene rings is 1. The third-order valence-electron chi connectivity index (χ3n) is 2.27. The van der Waals surface area contributed by atoms with Gasteiger partial charge in [-0.1, -0.05) is 30.3 Å². The summed E-state index contributed by atoms with van der Waals surface area (Å²) >= 11 is 0. The van der Waals surface area contributed by atoms with E-state index in [0.717, 1.165) is 5.56 Å². The van der Waals surface area contributed by atoms with Gasteiger partial charge in [-0.2, -0.15) is 0 Å². The number of ether oxygens (including phenoxy) is 1. The molecule has 0 aromatic heterocycles. The highest BCUT2D eigenvalue weighted by Gasteiger charge is 2.10. The van der Waals surface area contributed by atoms with Crippen LogP contribution in [0.1, 0.15) is 5.56 Å². The summed E-state index contributed by atoms with van der Waals surface area (Å²) < 4.78 is 5.15. The fraction of sp³-hybridized carbons (Fsp3) is 0.0769. The molecule has 0 bridgehead atoms. The zero-order valence-corrected chi connectivity index (χ0v) is 9.69. The van der Waals surface area contributed by atoms with Crippen LogP contribution in [0.2, 0.25) is 0 Å². The van der Waals surface area contributed by atoms with Crippen molar-refractivity contribution < 1.29 is 9.53 Å². The van der Waals surface area contributed by atoms with Crippen LogP contribution in [-0.2, 0) is 11.3 Å². The van der Waals surface area contributed by atoms with Gasteiger partial charge in [0.1, 0.15) is 12.4 Å². The number of amidine groups is 1. The summed E-state index contributed by atoms with van der Waals surface area (Å²) in [7, 11) is 0. The van der Waals surface area contributed by atoms with Gasteiger partial charge in [-0.3, -0.25) is 4.90 Å². The lowest BCUT2D eigenvalue weighted by Gasteiger charge is -2.12. The summed E-state index contributed by atoms with van der Waals surface area (Å²) in [5, 5.41) is 0. The summed E-state index contributed by atoms with van der Waals surface area (Å²) in [5.41, 5.74) is 6.43. The van der Waals surface area contributed by atoms with Crippen molar-refractivity contribution in [3.05, 3.63) is 60.6 Å². The van der Waals surface area contributed by atoms with Crippen LogP contribution in [0.4, 0.5) is 4.79 Å². The maximum Gasteiger partial charge on any atom is 0.418 e. The molecule has 0 spiro atoms. The van der Waals surface area contributed by atoms with Crippen LogP contribution in [0.25, 0.3) is 0 Å². The summed E-state index contributed by atoms with van der Waals surface area (Å²) in [6, 6.07) is 9.48. The standard InChI is InChI=1S/C13H13N3O2/c14-12-6-8-16(9-7-15-12)13(17)18-10-11-4-2-1-3-5-11/h1-9H,10H2,(H2,14,15). The third kappa shape index (κ3) is 3.21. The van der Waals surface area contributed by atoms with Crippen molar-refractivity contribution in [1.82, 2.24) is 4.90 Å². The van der Waals surface area contributed by atoms with Crippen molar-refractivity contribution in [2.45, 2.75) is 6.61 Å². The van der Waals surface area contributed by atoms with Crippen molar-refractivity contribution in [3.8, 4) is 0 Å². The van der Waals surface area contributed by atoms with Gasteiger partial charge in [0.15, 0.2) is 0 Å². The molecular weight excluding hydrogens is 230 g/mol. The van der Waals surface area contributed by atoms with E-state index in [1.807, 2.05) is 30.3 Å². The second-order valence-electron chi connectivity index (χ2n) is 3.62. The second kappa shape index (κ2) is 5.67. The van der Waals surface area contributed by atoms with E-state index in [1.165, 1.54) is 29.6 Å². The summed E-state index contributed by atoms with van der Waals surface area (Å²) in [6.45, 7) is 0.230. The Morgan fingerprint density at radius 1 is 1.28 bits per heavy atom.